The Kier molecular flexibility index (Phi) is 8.33. The van der Waals surface area contributed by atoms with Crippen molar-refractivity contribution in [2.75, 3.05) is 42.2 Å². The molecule has 0 bridgehead atoms. The minimum atomic E-state index is -1.01. The Hall–Kier alpha value is -3.29. The zero-order valence-electron chi connectivity index (χ0n) is 20.0. The topological polar surface area (TPSA) is 105 Å². The minimum Gasteiger partial charge on any atom is -0.373 e. The summed E-state index contributed by atoms with van der Waals surface area (Å²) in [5, 5.41) is 23.5. The van der Waals surface area contributed by atoms with E-state index in [0.717, 1.165) is 31.0 Å². The molecule has 0 spiro atoms. The first-order valence-corrected chi connectivity index (χ1v) is 12.4. The molecule has 1 atom stereocenters. The molecule has 36 heavy (non-hydrogen) atoms. The standard InChI is InChI=1S/C25H28FIN8O/c1-4-22(36)29-19-12-16(11-17(26)13-19)23-21-15-28-33-24(21)32-25(31-23)30-18-7-6-8-20(14-18)34(3)9-10-35(27)5-2/h4,6-8,11-15,22,29,36H,1,5,9-10H2,2-3H3,(H2,28,30,31,32,33). The number of rotatable bonds is 11. The molecule has 1 unspecified atom stereocenters. The fraction of sp³-hybridized carbons (Fsp3) is 0.240. The van der Waals surface area contributed by atoms with Gasteiger partial charge in [-0.1, -0.05) is 19.6 Å². The Balaban J connectivity index is 1.64. The number of nitrogens with one attached hydrogen (secondary N) is 3. The molecule has 4 aromatic rings. The largest absolute Gasteiger partial charge is 0.373 e. The maximum atomic E-state index is 14.5. The van der Waals surface area contributed by atoms with Crippen molar-refractivity contribution in [1.29, 1.82) is 0 Å². The highest BCUT2D eigenvalue weighted by Crippen LogP contribution is 2.30. The predicted octanol–water partition coefficient (Wildman–Crippen LogP) is 4.93. The van der Waals surface area contributed by atoms with Crippen LogP contribution in [0.1, 0.15) is 6.92 Å². The molecule has 2 aromatic heterocycles. The van der Waals surface area contributed by atoms with Crippen LogP contribution in [0.3, 0.4) is 0 Å². The van der Waals surface area contributed by atoms with Crippen LogP contribution in [0.5, 0.6) is 0 Å². The third-order valence-electron chi connectivity index (χ3n) is 5.58. The number of hydrogen-bond donors (Lipinski definition) is 4. The van der Waals surface area contributed by atoms with Crippen LogP contribution >= 0.6 is 22.9 Å². The lowest BCUT2D eigenvalue weighted by atomic mass is 10.1. The number of aromatic nitrogens is 4. The highest BCUT2D eigenvalue weighted by atomic mass is 127. The Morgan fingerprint density at radius 3 is 2.81 bits per heavy atom. The van der Waals surface area contributed by atoms with Crippen LogP contribution in [0, 0.1) is 5.82 Å². The number of H-pyrrole nitrogens is 1. The molecular formula is C25H28FIN8O. The molecule has 2 aromatic carbocycles. The van der Waals surface area contributed by atoms with E-state index in [1.54, 1.807) is 12.3 Å². The van der Waals surface area contributed by atoms with Crippen molar-refractivity contribution in [1.82, 2.24) is 23.3 Å². The minimum absolute atomic E-state index is 0.343. The molecule has 0 amide bonds. The van der Waals surface area contributed by atoms with Crippen LogP contribution in [0.15, 0.2) is 61.3 Å². The van der Waals surface area contributed by atoms with Crippen molar-refractivity contribution < 1.29 is 9.50 Å². The molecular weight excluding hydrogens is 574 g/mol. The van der Waals surface area contributed by atoms with Crippen molar-refractivity contribution in [3.63, 3.8) is 0 Å². The second-order valence-corrected chi connectivity index (χ2v) is 9.55. The van der Waals surface area contributed by atoms with Gasteiger partial charge in [0.05, 0.1) is 17.3 Å². The molecule has 4 N–H and O–H groups in total. The van der Waals surface area contributed by atoms with E-state index in [-0.39, 0.29) is 0 Å². The van der Waals surface area contributed by atoms with Crippen LogP contribution < -0.4 is 15.5 Å². The monoisotopic (exact) mass is 602 g/mol. The molecule has 4 rings (SSSR count). The normalized spacial score (nSPS) is 12.1. The summed E-state index contributed by atoms with van der Waals surface area (Å²) in [4.78, 5) is 11.4. The number of hydrogen-bond acceptors (Lipinski definition) is 8. The third kappa shape index (κ3) is 6.28. The maximum absolute atomic E-state index is 14.5. The lowest BCUT2D eigenvalue weighted by molar-refractivity contribution is 0.253. The molecule has 11 heteroatoms. The number of nitrogens with zero attached hydrogens (tertiary/aromatic N) is 5. The number of fused-ring (bicyclic) bond motifs is 1. The lowest BCUT2D eigenvalue weighted by Gasteiger charge is -2.22. The molecule has 0 saturated carbocycles. The summed E-state index contributed by atoms with van der Waals surface area (Å²) in [7, 11) is 2.06. The van der Waals surface area contributed by atoms with E-state index in [1.807, 2.05) is 18.2 Å². The quantitative estimate of drug-likeness (QED) is 0.0830. The number of aliphatic hydroxyl groups excluding tert-OH is 1. The first-order chi connectivity index (χ1) is 17.4. The summed E-state index contributed by atoms with van der Waals surface area (Å²) in [5.74, 6) is -0.129. The molecule has 0 radical (unpaired) electrons. The van der Waals surface area contributed by atoms with Crippen LogP contribution in [0.25, 0.3) is 22.3 Å². The second kappa shape index (κ2) is 11.6. The summed E-state index contributed by atoms with van der Waals surface area (Å²) in [6.45, 7) is 8.49. The number of aliphatic hydroxyl groups is 1. The molecule has 0 aliphatic carbocycles. The molecule has 0 saturated heterocycles. The zero-order chi connectivity index (χ0) is 25.7. The van der Waals surface area contributed by atoms with Crippen molar-refractivity contribution in [2.45, 2.75) is 13.2 Å². The first kappa shape index (κ1) is 25.8. The lowest BCUT2D eigenvalue weighted by Crippen LogP contribution is -2.27. The first-order valence-electron chi connectivity index (χ1n) is 11.4. The highest BCUT2D eigenvalue weighted by molar-refractivity contribution is 14.1. The van der Waals surface area contributed by atoms with Crippen LogP contribution in [-0.2, 0) is 0 Å². The molecule has 0 aliphatic heterocycles. The zero-order valence-corrected chi connectivity index (χ0v) is 22.2. The van der Waals surface area contributed by atoms with Gasteiger partial charge in [0.25, 0.3) is 0 Å². The summed E-state index contributed by atoms with van der Waals surface area (Å²) < 4.78 is 16.7. The molecule has 0 fully saturated rings. The van der Waals surface area contributed by atoms with Crippen LogP contribution in [0.4, 0.5) is 27.4 Å². The van der Waals surface area contributed by atoms with Crippen molar-refractivity contribution in [3.8, 4) is 11.3 Å². The van der Waals surface area contributed by atoms with E-state index in [9.17, 15) is 9.50 Å². The van der Waals surface area contributed by atoms with E-state index < -0.39 is 12.0 Å². The van der Waals surface area contributed by atoms with Gasteiger partial charge in [-0.15, -0.1) is 0 Å². The van der Waals surface area contributed by atoms with Crippen LogP contribution in [0.2, 0.25) is 0 Å². The van der Waals surface area contributed by atoms with E-state index >= 15 is 0 Å². The van der Waals surface area contributed by atoms with Gasteiger partial charge in [-0.3, -0.25) is 5.10 Å². The van der Waals surface area contributed by atoms with Gasteiger partial charge in [-0.2, -0.15) is 10.1 Å². The summed E-state index contributed by atoms with van der Waals surface area (Å²) in [5.41, 5.74) is 3.81. The summed E-state index contributed by atoms with van der Waals surface area (Å²) >= 11 is 2.33. The van der Waals surface area contributed by atoms with Gasteiger partial charge in [0.2, 0.25) is 5.95 Å². The molecule has 2 heterocycles. The van der Waals surface area contributed by atoms with Gasteiger partial charge < -0.3 is 20.6 Å². The van der Waals surface area contributed by atoms with Gasteiger partial charge >= 0.3 is 0 Å². The SMILES string of the molecule is C=CC(O)Nc1cc(F)cc(-c2nc(Nc3cccc(N(C)CCN(I)CC)c3)nc3[nH]ncc23)c1. The smallest absolute Gasteiger partial charge is 0.229 e. The van der Waals surface area contributed by atoms with E-state index in [4.69, 9.17) is 0 Å². The Morgan fingerprint density at radius 1 is 1.19 bits per heavy atom. The van der Waals surface area contributed by atoms with Gasteiger partial charge in [-0.25, -0.2) is 12.5 Å². The Labute approximate surface area is 222 Å². The molecule has 9 nitrogen and oxygen atoms in total. The average Bonchev–Trinajstić information content (AvgIpc) is 3.35. The fourth-order valence-corrected chi connectivity index (χ4v) is 3.86. The van der Waals surface area contributed by atoms with Gasteiger partial charge in [0.15, 0.2) is 5.65 Å². The average molecular weight is 602 g/mol. The molecule has 188 valence electrons. The van der Waals surface area contributed by atoms with E-state index in [1.165, 1.54) is 18.2 Å². The highest BCUT2D eigenvalue weighted by Gasteiger charge is 2.15. The summed E-state index contributed by atoms with van der Waals surface area (Å²) in [6.07, 6.45) is 1.91. The van der Waals surface area contributed by atoms with Crippen molar-refractivity contribution in [3.05, 3.63) is 67.1 Å². The van der Waals surface area contributed by atoms with Gasteiger partial charge in [0, 0.05) is 72.2 Å². The fourth-order valence-electron chi connectivity index (χ4n) is 3.65. The Morgan fingerprint density at radius 2 is 2.03 bits per heavy atom. The number of halogens is 2. The number of anilines is 4. The number of benzene rings is 2. The van der Waals surface area contributed by atoms with Crippen LogP contribution in [-0.4, -0.2) is 61.3 Å². The maximum Gasteiger partial charge on any atom is 0.229 e. The molecule has 0 aliphatic rings. The van der Waals surface area contributed by atoms with E-state index in [2.05, 4.69) is 88.3 Å². The second-order valence-electron chi connectivity index (χ2n) is 8.18. The number of likely N-dealkylation sites (N-methyl/N-ethyl adjacent to an activating group) is 2. The van der Waals surface area contributed by atoms with Gasteiger partial charge in [-0.05, 0) is 42.5 Å². The summed E-state index contributed by atoms with van der Waals surface area (Å²) in [6, 6.07) is 12.4. The predicted molar refractivity (Wildman–Crippen MR) is 151 cm³/mol. The Bertz CT molecular complexity index is 1350. The van der Waals surface area contributed by atoms with Gasteiger partial charge in [0.1, 0.15) is 12.0 Å². The third-order valence-corrected chi connectivity index (χ3v) is 6.75. The van der Waals surface area contributed by atoms with Crippen molar-refractivity contribution in [2.24, 2.45) is 0 Å². The van der Waals surface area contributed by atoms with E-state index in [0.29, 0.717) is 33.9 Å². The van der Waals surface area contributed by atoms with Crippen molar-refractivity contribution >= 4 is 56.9 Å². The number of aromatic amines is 1.